The van der Waals surface area contributed by atoms with Crippen LogP contribution in [-0.2, 0) is 0 Å². The van der Waals surface area contributed by atoms with Crippen LogP contribution in [0, 0.1) is 3.70 Å². The van der Waals surface area contributed by atoms with Gasteiger partial charge >= 0.3 is 0 Å². The van der Waals surface area contributed by atoms with Crippen molar-refractivity contribution in [2.24, 2.45) is 0 Å². The number of hydrogen-bond donors (Lipinski definition) is 0. The smallest absolute Gasteiger partial charge is 0.250 e. The van der Waals surface area contributed by atoms with Gasteiger partial charge in [-0.25, -0.2) is 4.98 Å². The largest absolute Gasteiger partial charge is 0.542 e. The van der Waals surface area contributed by atoms with E-state index in [1.165, 1.54) is 0 Å². The van der Waals surface area contributed by atoms with Crippen molar-refractivity contribution in [3.8, 4) is 5.75 Å². The monoisotopic (exact) mass is 335 g/mol. The molecule has 1 aromatic rings. The number of hydrogen-bond acceptors (Lipinski definition) is 2. The fourth-order valence-corrected chi connectivity index (χ4v) is 2.21. The summed E-state index contributed by atoms with van der Waals surface area (Å²) in [6.45, 7) is 11.2. The standard InChI is InChI=1S/C11H18INOSi/c1-11(2,3)15(4,5)14-9-6-7-10(12)13-8-9/h6-8H,1-5H3. The van der Waals surface area contributed by atoms with Gasteiger partial charge in [0, 0.05) is 0 Å². The van der Waals surface area contributed by atoms with Crippen molar-refractivity contribution in [3.63, 3.8) is 0 Å². The van der Waals surface area contributed by atoms with Gasteiger partial charge in [-0.2, -0.15) is 0 Å². The molecule has 0 aliphatic carbocycles. The molecule has 0 spiro atoms. The van der Waals surface area contributed by atoms with Crippen LogP contribution in [0.5, 0.6) is 5.75 Å². The van der Waals surface area contributed by atoms with Gasteiger partial charge in [-0.3, -0.25) is 0 Å². The van der Waals surface area contributed by atoms with E-state index in [9.17, 15) is 0 Å². The van der Waals surface area contributed by atoms with Gasteiger partial charge in [0.2, 0.25) is 0 Å². The Labute approximate surface area is 107 Å². The molecule has 0 aliphatic heterocycles. The topological polar surface area (TPSA) is 22.1 Å². The molecule has 1 rings (SSSR count). The SMILES string of the molecule is CC(C)(C)[Si](C)(C)Oc1ccc(I)nc1. The highest BCUT2D eigenvalue weighted by molar-refractivity contribution is 14.1. The van der Waals surface area contributed by atoms with Crippen molar-refractivity contribution in [3.05, 3.63) is 22.0 Å². The van der Waals surface area contributed by atoms with Crippen molar-refractivity contribution in [1.29, 1.82) is 0 Å². The van der Waals surface area contributed by atoms with E-state index in [1.54, 1.807) is 0 Å². The quantitative estimate of drug-likeness (QED) is 0.462. The van der Waals surface area contributed by atoms with Gasteiger partial charge in [-0.15, -0.1) is 0 Å². The van der Waals surface area contributed by atoms with E-state index in [0.717, 1.165) is 9.45 Å². The van der Waals surface area contributed by atoms with Crippen LogP contribution in [0.25, 0.3) is 0 Å². The number of pyridine rings is 1. The molecule has 0 bridgehead atoms. The first-order chi connectivity index (χ1) is 6.72. The zero-order chi connectivity index (χ0) is 11.7. The van der Waals surface area contributed by atoms with E-state index in [2.05, 4.69) is 61.4 Å². The molecule has 2 nitrogen and oxygen atoms in total. The molecule has 0 unspecified atom stereocenters. The number of nitrogens with zero attached hydrogens (tertiary/aromatic N) is 1. The summed E-state index contributed by atoms with van der Waals surface area (Å²) >= 11 is 2.19. The fraction of sp³-hybridized carbons (Fsp3) is 0.545. The molecule has 1 heterocycles. The number of halogens is 1. The lowest BCUT2D eigenvalue weighted by Gasteiger charge is -2.36. The zero-order valence-electron chi connectivity index (χ0n) is 9.97. The van der Waals surface area contributed by atoms with E-state index >= 15 is 0 Å². The maximum Gasteiger partial charge on any atom is 0.250 e. The molecule has 0 radical (unpaired) electrons. The maximum atomic E-state index is 6.09. The lowest BCUT2D eigenvalue weighted by molar-refractivity contribution is 0.490. The number of aromatic nitrogens is 1. The molecule has 0 aromatic carbocycles. The molecular formula is C11H18INOSi. The van der Waals surface area contributed by atoms with Crippen molar-refractivity contribution in [2.75, 3.05) is 0 Å². The Morgan fingerprint density at radius 3 is 2.27 bits per heavy atom. The van der Waals surface area contributed by atoms with Gasteiger partial charge in [0.15, 0.2) is 0 Å². The van der Waals surface area contributed by atoms with E-state index in [4.69, 9.17) is 4.43 Å². The summed E-state index contributed by atoms with van der Waals surface area (Å²) in [4.78, 5) is 4.23. The van der Waals surface area contributed by atoms with Crippen molar-refractivity contribution < 1.29 is 4.43 Å². The molecule has 0 atom stereocenters. The van der Waals surface area contributed by atoms with Crippen LogP contribution >= 0.6 is 22.6 Å². The van der Waals surface area contributed by atoms with Crippen LogP contribution in [0.15, 0.2) is 18.3 Å². The molecular weight excluding hydrogens is 317 g/mol. The van der Waals surface area contributed by atoms with Crippen LogP contribution in [0.4, 0.5) is 0 Å². The van der Waals surface area contributed by atoms with E-state index < -0.39 is 8.32 Å². The zero-order valence-corrected chi connectivity index (χ0v) is 13.1. The Balaban J connectivity index is 2.82. The second-order valence-corrected chi connectivity index (χ2v) is 11.0. The molecule has 0 saturated heterocycles. The average molecular weight is 335 g/mol. The Bertz CT molecular complexity index is 329. The molecule has 0 amide bonds. The summed E-state index contributed by atoms with van der Waals surface area (Å²) in [7, 11) is -1.71. The second kappa shape index (κ2) is 4.41. The van der Waals surface area contributed by atoms with E-state index in [1.807, 2.05) is 18.3 Å². The van der Waals surface area contributed by atoms with Crippen LogP contribution in [0.2, 0.25) is 18.1 Å². The third-order valence-corrected chi connectivity index (χ3v) is 7.88. The Morgan fingerprint density at radius 2 is 1.87 bits per heavy atom. The Hall–Kier alpha value is -0.103. The first kappa shape index (κ1) is 13.0. The van der Waals surface area contributed by atoms with Crippen LogP contribution in [0.1, 0.15) is 20.8 Å². The average Bonchev–Trinajstić information content (AvgIpc) is 2.06. The number of rotatable bonds is 2. The van der Waals surface area contributed by atoms with Crippen molar-refractivity contribution in [2.45, 2.75) is 38.9 Å². The molecule has 0 saturated carbocycles. The molecule has 4 heteroatoms. The maximum absolute atomic E-state index is 6.09. The van der Waals surface area contributed by atoms with E-state index in [-0.39, 0.29) is 5.04 Å². The lowest BCUT2D eigenvalue weighted by atomic mass is 10.2. The molecule has 0 N–H and O–H groups in total. The first-order valence-electron chi connectivity index (χ1n) is 5.03. The third-order valence-electron chi connectivity index (χ3n) is 2.88. The van der Waals surface area contributed by atoms with Gasteiger partial charge in [-0.1, -0.05) is 20.8 Å². The fourth-order valence-electron chi connectivity index (χ4n) is 0.870. The van der Waals surface area contributed by atoms with Gasteiger partial charge < -0.3 is 4.43 Å². The highest BCUT2D eigenvalue weighted by Gasteiger charge is 2.38. The van der Waals surface area contributed by atoms with E-state index in [0.29, 0.717) is 0 Å². The molecule has 15 heavy (non-hydrogen) atoms. The Morgan fingerprint density at radius 1 is 1.27 bits per heavy atom. The third kappa shape index (κ3) is 3.44. The highest BCUT2D eigenvalue weighted by Crippen LogP contribution is 2.37. The van der Waals surface area contributed by atoms with Gasteiger partial charge in [0.25, 0.3) is 8.32 Å². The molecule has 1 aromatic heterocycles. The predicted octanol–water partition coefficient (Wildman–Crippen LogP) is 4.07. The van der Waals surface area contributed by atoms with Crippen LogP contribution in [0.3, 0.4) is 0 Å². The summed E-state index contributed by atoms with van der Waals surface area (Å²) in [6, 6.07) is 3.97. The summed E-state index contributed by atoms with van der Waals surface area (Å²) < 4.78 is 7.09. The van der Waals surface area contributed by atoms with Crippen LogP contribution in [-0.4, -0.2) is 13.3 Å². The Kier molecular flexibility index (Phi) is 3.81. The van der Waals surface area contributed by atoms with Crippen molar-refractivity contribution >= 4 is 30.9 Å². The molecule has 84 valence electrons. The molecule has 0 fully saturated rings. The van der Waals surface area contributed by atoms with Crippen LogP contribution < -0.4 is 4.43 Å². The normalized spacial score (nSPS) is 12.7. The lowest BCUT2D eigenvalue weighted by Crippen LogP contribution is -2.43. The minimum absolute atomic E-state index is 0.232. The minimum Gasteiger partial charge on any atom is -0.542 e. The minimum atomic E-state index is -1.71. The first-order valence-corrected chi connectivity index (χ1v) is 9.02. The summed E-state index contributed by atoms with van der Waals surface area (Å²) in [6.07, 6.45) is 1.81. The van der Waals surface area contributed by atoms with Gasteiger partial charge in [-0.05, 0) is 52.9 Å². The summed E-state index contributed by atoms with van der Waals surface area (Å²) in [5, 5.41) is 0.232. The predicted molar refractivity (Wildman–Crippen MR) is 74.8 cm³/mol. The summed E-state index contributed by atoms with van der Waals surface area (Å²) in [5.41, 5.74) is 0. The summed E-state index contributed by atoms with van der Waals surface area (Å²) in [5.74, 6) is 0.891. The molecule has 0 aliphatic rings. The van der Waals surface area contributed by atoms with Gasteiger partial charge in [0.05, 0.1) is 6.20 Å². The second-order valence-electron chi connectivity index (χ2n) is 5.18. The van der Waals surface area contributed by atoms with Gasteiger partial charge in [0.1, 0.15) is 9.45 Å². The highest BCUT2D eigenvalue weighted by atomic mass is 127. The van der Waals surface area contributed by atoms with Crippen molar-refractivity contribution in [1.82, 2.24) is 4.98 Å².